The van der Waals surface area contributed by atoms with Crippen molar-refractivity contribution in [1.82, 2.24) is 4.57 Å². The van der Waals surface area contributed by atoms with Crippen LogP contribution in [0.4, 0.5) is 5.69 Å². The van der Waals surface area contributed by atoms with E-state index < -0.39 is 0 Å². The van der Waals surface area contributed by atoms with Gasteiger partial charge >= 0.3 is 4.87 Å². The minimum Gasteiger partial charge on any atom is -0.310 e. The molecule has 1 amide bonds. The highest BCUT2D eigenvalue weighted by molar-refractivity contribution is 8.00. The van der Waals surface area contributed by atoms with Crippen molar-refractivity contribution in [2.24, 2.45) is 0 Å². The van der Waals surface area contributed by atoms with Crippen LogP contribution in [0.2, 0.25) is 0 Å². The normalized spacial score (nSPS) is 17.4. The number of carbonyl (C=O) groups is 1. The molecule has 0 spiro atoms. The van der Waals surface area contributed by atoms with E-state index in [-0.39, 0.29) is 10.8 Å². The fourth-order valence-corrected chi connectivity index (χ4v) is 4.52. The lowest BCUT2D eigenvalue weighted by Gasteiger charge is -2.32. The Morgan fingerprint density at radius 3 is 2.86 bits per heavy atom. The number of aromatic nitrogens is 1. The summed E-state index contributed by atoms with van der Waals surface area (Å²) in [4.78, 5) is 27.4. The number of nitrogens with zero attached hydrogens (tertiary/aromatic N) is 2. The van der Waals surface area contributed by atoms with Gasteiger partial charge in [-0.15, -0.1) is 11.8 Å². The van der Waals surface area contributed by atoms with E-state index >= 15 is 0 Å². The molecule has 1 aliphatic rings. The molecule has 0 N–H and O–H groups in total. The molecule has 0 aliphatic carbocycles. The molecule has 0 bridgehead atoms. The zero-order valence-corrected chi connectivity index (χ0v) is 14.2. The Labute approximate surface area is 137 Å². The number of para-hydroxylation sites is 1. The molecule has 0 radical (unpaired) electrons. The first kappa shape index (κ1) is 15.4. The average Bonchev–Trinajstić information content (AvgIpc) is 2.82. The Kier molecular flexibility index (Phi) is 4.40. The van der Waals surface area contributed by atoms with Crippen molar-refractivity contribution in [3.05, 3.63) is 45.0 Å². The van der Waals surface area contributed by atoms with Crippen LogP contribution in [0.15, 0.2) is 39.3 Å². The summed E-state index contributed by atoms with van der Waals surface area (Å²) in [7, 11) is 0. The first-order valence-corrected chi connectivity index (χ1v) is 9.03. The van der Waals surface area contributed by atoms with Crippen LogP contribution in [0.5, 0.6) is 0 Å². The van der Waals surface area contributed by atoms with Crippen LogP contribution >= 0.6 is 23.1 Å². The first-order valence-electron chi connectivity index (χ1n) is 7.27. The van der Waals surface area contributed by atoms with E-state index in [1.54, 1.807) is 16.3 Å². The van der Waals surface area contributed by atoms with Crippen molar-refractivity contribution >= 4 is 34.7 Å². The number of amides is 1. The van der Waals surface area contributed by atoms with Gasteiger partial charge in [-0.25, -0.2) is 0 Å². The van der Waals surface area contributed by atoms with Gasteiger partial charge in [0, 0.05) is 40.7 Å². The highest BCUT2D eigenvalue weighted by Crippen LogP contribution is 2.38. The maximum Gasteiger partial charge on any atom is 0.307 e. The van der Waals surface area contributed by atoms with Gasteiger partial charge in [-0.05, 0) is 19.1 Å². The SMILES string of the molecule is Cc1csc(=O)n1CCC(=O)N1C[C@H](C)Sc2ccccc21. The van der Waals surface area contributed by atoms with Crippen molar-refractivity contribution in [2.45, 2.75) is 37.0 Å². The van der Waals surface area contributed by atoms with Gasteiger partial charge in [-0.1, -0.05) is 30.4 Å². The van der Waals surface area contributed by atoms with Crippen LogP contribution in [0.25, 0.3) is 0 Å². The molecule has 22 heavy (non-hydrogen) atoms. The maximum atomic E-state index is 12.6. The molecular formula is C16H18N2O2S2. The summed E-state index contributed by atoms with van der Waals surface area (Å²) in [5, 5.41) is 2.21. The standard InChI is InChI=1S/C16H18N2O2S2/c1-11-10-21-16(20)17(11)8-7-15(19)18-9-12(2)22-14-6-4-3-5-13(14)18/h3-6,10,12H,7-9H2,1-2H3/t12-/m0/s1. The van der Waals surface area contributed by atoms with Crippen molar-refractivity contribution in [3.63, 3.8) is 0 Å². The van der Waals surface area contributed by atoms with Crippen LogP contribution in [-0.4, -0.2) is 22.3 Å². The van der Waals surface area contributed by atoms with E-state index in [9.17, 15) is 9.59 Å². The number of rotatable bonds is 3. The molecule has 6 heteroatoms. The van der Waals surface area contributed by atoms with Gasteiger partial charge in [0.05, 0.1) is 5.69 Å². The lowest BCUT2D eigenvalue weighted by molar-refractivity contribution is -0.118. The molecule has 0 saturated heterocycles. The number of aryl methyl sites for hydroxylation is 1. The van der Waals surface area contributed by atoms with Crippen LogP contribution < -0.4 is 9.77 Å². The molecule has 1 aliphatic heterocycles. The van der Waals surface area contributed by atoms with Crippen molar-refractivity contribution in [1.29, 1.82) is 0 Å². The Bertz CT molecular complexity index is 751. The maximum absolute atomic E-state index is 12.6. The molecule has 3 rings (SSSR count). The van der Waals surface area contributed by atoms with Gasteiger partial charge in [0.15, 0.2) is 0 Å². The van der Waals surface area contributed by atoms with E-state index in [1.807, 2.05) is 35.4 Å². The lowest BCUT2D eigenvalue weighted by Crippen LogP contribution is -2.39. The summed E-state index contributed by atoms with van der Waals surface area (Å²) in [5.41, 5.74) is 1.91. The molecule has 2 heterocycles. The number of thioether (sulfide) groups is 1. The van der Waals surface area contributed by atoms with Crippen LogP contribution in [0.1, 0.15) is 19.0 Å². The molecule has 4 nitrogen and oxygen atoms in total. The van der Waals surface area contributed by atoms with Crippen molar-refractivity contribution < 1.29 is 4.79 Å². The summed E-state index contributed by atoms with van der Waals surface area (Å²) < 4.78 is 1.68. The van der Waals surface area contributed by atoms with E-state index in [2.05, 4.69) is 13.0 Å². The highest BCUT2D eigenvalue weighted by atomic mass is 32.2. The van der Waals surface area contributed by atoms with Gasteiger partial charge in [0.1, 0.15) is 0 Å². The number of carbonyl (C=O) groups excluding carboxylic acids is 1. The van der Waals surface area contributed by atoms with Gasteiger partial charge in [0.25, 0.3) is 0 Å². The third kappa shape index (κ3) is 2.98. The number of thiazole rings is 1. The number of benzene rings is 1. The van der Waals surface area contributed by atoms with Gasteiger partial charge in [-0.3, -0.25) is 9.59 Å². The predicted octanol–water partition coefficient (Wildman–Crippen LogP) is 3.14. The molecule has 0 unspecified atom stereocenters. The second-order valence-electron chi connectivity index (χ2n) is 5.45. The van der Waals surface area contributed by atoms with Gasteiger partial charge < -0.3 is 9.47 Å². The van der Waals surface area contributed by atoms with Gasteiger partial charge in [-0.2, -0.15) is 0 Å². The third-order valence-electron chi connectivity index (χ3n) is 3.75. The third-order valence-corrected chi connectivity index (χ3v) is 5.78. The molecule has 116 valence electrons. The first-order chi connectivity index (χ1) is 10.6. The Balaban J connectivity index is 1.77. The van der Waals surface area contributed by atoms with E-state index in [0.29, 0.717) is 18.2 Å². The summed E-state index contributed by atoms with van der Waals surface area (Å²) in [5.74, 6) is 0.0806. The summed E-state index contributed by atoms with van der Waals surface area (Å²) in [6.07, 6.45) is 0.350. The second kappa shape index (κ2) is 6.30. The minimum absolute atomic E-state index is 0.00766. The summed E-state index contributed by atoms with van der Waals surface area (Å²) in [6, 6.07) is 8.02. The van der Waals surface area contributed by atoms with Crippen LogP contribution in [-0.2, 0) is 11.3 Å². The Morgan fingerprint density at radius 2 is 2.14 bits per heavy atom. The molecule has 1 aromatic carbocycles. The zero-order chi connectivity index (χ0) is 15.7. The highest BCUT2D eigenvalue weighted by Gasteiger charge is 2.26. The minimum atomic E-state index is 0.00766. The van der Waals surface area contributed by atoms with Crippen LogP contribution in [0, 0.1) is 6.92 Å². The Hall–Kier alpha value is -1.53. The van der Waals surface area contributed by atoms with Crippen molar-refractivity contribution in [2.75, 3.05) is 11.4 Å². The van der Waals surface area contributed by atoms with E-state index in [0.717, 1.165) is 22.8 Å². The number of fused-ring (bicyclic) bond motifs is 1. The van der Waals surface area contributed by atoms with Gasteiger partial charge in [0.2, 0.25) is 5.91 Å². The largest absolute Gasteiger partial charge is 0.310 e. The molecule has 1 atom stereocenters. The topological polar surface area (TPSA) is 42.3 Å². The molecule has 1 aromatic heterocycles. The molecular weight excluding hydrogens is 316 g/mol. The van der Waals surface area contributed by atoms with Crippen LogP contribution in [0.3, 0.4) is 0 Å². The van der Waals surface area contributed by atoms with Crippen molar-refractivity contribution in [3.8, 4) is 0 Å². The second-order valence-corrected chi connectivity index (χ2v) is 7.75. The summed E-state index contributed by atoms with van der Waals surface area (Å²) >= 11 is 2.99. The Morgan fingerprint density at radius 1 is 1.36 bits per heavy atom. The fourth-order valence-electron chi connectivity index (χ4n) is 2.64. The smallest absolute Gasteiger partial charge is 0.307 e. The predicted molar refractivity (Wildman–Crippen MR) is 92.0 cm³/mol. The van der Waals surface area contributed by atoms with E-state index in [4.69, 9.17) is 0 Å². The molecule has 0 fully saturated rings. The fraction of sp³-hybridized carbons (Fsp3) is 0.375. The lowest BCUT2D eigenvalue weighted by atomic mass is 10.2. The number of hydrogen-bond donors (Lipinski definition) is 0. The molecule has 2 aromatic rings. The summed E-state index contributed by atoms with van der Waals surface area (Å²) in [6.45, 7) is 5.21. The quantitative estimate of drug-likeness (QED) is 0.866. The number of hydrogen-bond acceptors (Lipinski definition) is 4. The zero-order valence-electron chi connectivity index (χ0n) is 12.6. The van der Waals surface area contributed by atoms with E-state index in [1.165, 1.54) is 11.3 Å². The molecule has 0 saturated carbocycles. The monoisotopic (exact) mass is 334 g/mol. The average molecular weight is 334 g/mol. The number of anilines is 1.